The lowest BCUT2D eigenvalue weighted by Crippen LogP contribution is -2.24. The van der Waals surface area contributed by atoms with Gasteiger partial charge in [-0.25, -0.2) is 13.4 Å². The Morgan fingerprint density at radius 1 is 0.941 bits per heavy atom. The molecule has 0 aliphatic heterocycles. The number of fused-ring (bicyclic) bond motifs is 1. The van der Waals surface area contributed by atoms with E-state index in [1.165, 1.54) is 22.9 Å². The minimum atomic E-state index is -4.11. The van der Waals surface area contributed by atoms with Gasteiger partial charge in [-0.05, 0) is 69.2 Å². The Labute approximate surface area is 198 Å². The van der Waals surface area contributed by atoms with Crippen LogP contribution in [0.2, 0.25) is 0 Å². The molecule has 8 heteroatoms. The SMILES string of the molecule is Cc1ccc(S(=O)(=O)c2cn(CC(=O)Nc3cc(C)ccc3C)c3nc(C)ccc3c2=O)cc1. The number of hydrogen-bond acceptors (Lipinski definition) is 5. The summed E-state index contributed by atoms with van der Waals surface area (Å²) in [5, 5.41) is 3.01. The normalized spacial score (nSPS) is 11.5. The van der Waals surface area contributed by atoms with Crippen LogP contribution < -0.4 is 10.7 Å². The lowest BCUT2D eigenvalue weighted by Gasteiger charge is -2.15. The average Bonchev–Trinajstić information content (AvgIpc) is 2.78. The maximum Gasteiger partial charge on any atom is 0.244 e. The standard InChI is InChI=1S/C26H25N3O4S/c1-16-6-10-20(11-7-16)34(32,33)23-14-29(26-21(25(23)31)12-9-19(4)27-26)15-24(30)28-22-13-17(2)5-8-18(22)3/h5-14H,15H2,1-4H3,(H,28,30). The molecule has 0 aliphatic rings. The van der Waals surface area contributed by atoms with E-state index in [0.29, 0.717) is 11.4 Å². The van der Waals surface area contributed by atoms with Crippen LogP contribution in [0.5, 0.6) is 0 Å². The first-order chi connectivity index (χ1) is 16.1. The zero-order valence-corrected chi connectivity index (χ0v) is 20.2. The summed E-state index contributed by atoms with van der Waals surface area (Å²) >= 11 is 0. The van der Waals surface area contributed by atoms with Gasteiger partial charge in [-0.15, -0.1) is 0 Å². The second kappa shape index (κ2) is 8.87. The van der Waals surface area contributed by atoms with Gasteiger partial charge in [-0.3, -0.25) is 9.59 Å². The second-order valence-electron chi connectivity index (χ2n) is 8.46. The van der Waals surface area contributed by atoms with Gasteiger partial charge in [0.05, 0.1) is 10.3 Å². The van der Waals surface area contributed by atoms with Crippen molar-refractivity contribution in [1.29, 1.82) is 0 Å². The molecule has 0 aliphatic carbocycles. The number of benzene rings is 2. The Kier molecular flexibility index (Phi) is 6.10. The Morgan fingerprint density at radius 3 is 2.32 bits per heavy atom. The van der Waals surface area contributed by atoms with Gasteiger partial charge in [0, 0.05) is 17.6 Å². The number of amides is 1. The highest BCUT2D eigenvalue weighted by Crippen LogP contribution is 2.22. The molecular formula is C26H25N3O4S. The molecule has 0 spiro atoms. The molecule has 4 rings (SSSR count). The fraction of sp³-hybridized carbons (Fsp3) is 0.192. The summed E-state index contributed by atoms with van der Waals surface area (Å²) in [6.07, 6.45) is 1.22. The lowest BCUT2D eigenvalue weighted by atomic mass is 10.1. The minimum Gasteiger partial charge on any atom is -0.324 e. The van der Waals surface area contributed by atoms with E-state index in [0.717, 1.165) is 16.7 Å². The van der Waals surface area contributed by atoms with Crippen molar-refractivity contribution in [2.75, 3.05) is 5.32 Å². The lowest BCUT2D eigenvalue weighted by molar-refractivity contribution is -0.116. The van der Waals surface area contributed by atoms with E-state index in [2.05, 4.69) is 10.3 Å². The van der Waals surface area contributed by atoms with Crippen molar-refractivity contribution in [3.8, 4) is 0 Å². The molecule has 0 saturated carbocycles. The predicted octanol–water partition coefficient (Wildman–Crippen LogP) is 4.10. The van der Waals surface area contributed by atoms with E-state index < -0.39 is 20.2 Å². The maximum absolute atomic E-state index is 13.4. The van der Waals surface area contributed by atoms with Crippen LogP contribution in [0, 0.1) is 27.7 Å². The van der Waals surface area contributed by atoms with Crippen molar-refractivity contribution in [2.24, 2.45) is 0 Å². The summed E-state index contributed by atoms with van der Waals surface area (Å²) in [6.45, 7) is 7.22. The number of nitrogens with zero attached hydrogens (tertiary/aromatic N) is 2. The van der Waals surface area contributed by atoms with Gasteiger partial charge < -0.3 is 9.88 Å². The van der Waals surface area contributed by atoms with Crippen molar-refractivity contribution in [3.63, 3.8) is 0 Å². The largest absolute Gasteiger partial charge is 0.324 e. The smallest absolute Gasteiger partial charge is 0.244 e. The fourth-order valence-electron chi connectivity index (χ4n) is 3.70. The zero-order chi connectivity index (χ0) is 24.6. The highest BCUT2D eigenvalue weighted by molar-refractivity contribution is 7.91. The topological polar surface area (TPSA) is 98.1 Å². The summed E-state index contributed by atoms with van der Waals surface area (Å²) in [6, 6.07) is 15.2. The van der Waals surface area contributed by atoms with Crippen molar-refractivity contribution < 1.29 is 13.2 Å². The van der Waals surface area contributed by atoms with Crippen LogP contribution in [0.4, 0.5) is 5.69 Å². The number of aromatic nitrogens is 2. The predicted molar refractivity (Wildman–Crippen MR) is 132 cm³/mol. The number of pyridine rings is 2. The summed E-state index contributed by atoms with van der Waals surface area (Å²) < 4.78 is 28.1. The van der Waals surface area contributed by atoms with Gasteiger partial charge in [0.25, 0.3) is 0 Å². The number of carbonyl (C=O) groups is 1. The Balaban J connectivity index is 1.83. The first kappa shape index (κ1) is 23.4. The average molecular weight is 476 g/mol. The molecule has 0 unspecified atom stereocenters. The molecule has 0 atom stereocenters. The van der Waals surface area contributed by atoms with Crippen LogP contribution in [-0.4, -0.2) is 23.9 Å². The molecule has 7 nitrogen and oxygen atoms in total. The first-order valence-corrected chi connectivity index (χ1v) is 12.2. The molecule has 4 aromatic rings. The van der Waals surface area contributed by atoms with Crippen LogP contribution in [0.1, 0.15) is 22.4 Å². The monoisotopic (exact) mass is 475 g/mol. The van der Waals surface area contributed by atoms with Crippen molar-refractivity contribution in [1.82, 2.24) is 9.55 Å². The second-order valence-corrected chi connectivity index (χ2v) is 10.4. The number of sulfone groups is 1. The molecule has 2 heterocycles. The molecule has 2 aromatic carbocycles. The van der Waals surface area contributed by atoms with E-state index in [4.69, 9.17) is 0 Å². The highest BCUT2D eigenvalue weighted by Gasteiger charge is 2.25. The first-order valence-electron chi connectivity index (χ1n) is 10.8. The quantitative estimate of drug-likeness (QED) is 0.469. The molecule has 0 saturated heterocycles. The fourth-order valence-corrected chi connectivity index (χ4v) is 5.07. The highest BCUT2D eigenvalue weighted by atomic mass is 32.2. The maximum atomic E-state index is 13.4. The number of anilines is 1. The number of aryl methyl sites for hydroxylation is 4. The van der Waals surface area contributed by atoms with Crippen LogP contribution >= 0.6 is 0 Å². The summed E-state index contributed by atoms with van der Waals surface area (Å²) in [4.78, 5) is 30.2. The van der Waals surface area contributed by atoms with Gasteiger partial charge >= 0.3 is 0 Å². The van der Waals surface area contributed by atoms with E-state index in [-0.39, 0.29) is 28.4 Å². The minimum absolute atomic E-state index is 0.0148. The van der Waals surface area contributed by atoms with Gasteiger partial charge in [-0.1, -0.05) is 29.8 Å². The Hall–Kier alpha value is -3.78. The molecule has 174 valence electrons. The third kappa shape index (κ3) is 4.49. The van der Waals surface area contributed by atoms with Crippen LogP contribution in [0.25, 0.3) is 11.0 Å². The Bertz CT molecular complexity index is 1590. The van der Waals surface area contributed by atoms with Crippen molar-refractivity contribution >= 4 is 32.5 Å². The van der Waals surface area contributed by atoms with Gasteiger partial charge in [0.1, 0.15) is 17.1 Å². The zero-order valence-electron chi connectivity index (χ0n) is 19.4. The van der Waals surface area contributed by atoms with Crippen LogP contribution in [0.3, 0.4) is 0 Å². The molecule has 1 N–H and O–H groups in total. The molecular weight excluding hydrogens is 450 g/mol. The van der Waals surface area contributed by atoms with E-state index in [1.807, 2.05) is 39.0 Å². The summed E-state index contributed by atoms with van der Waals surface area (Å²) in [5.41, 5.74) is 3.73. The van der Waals surface area contributed by atoms with Crippen LogP contribution in [0.15, 0.2) is 75.4 Å². The van der Waals surface area contributed by atoms with E-state index in [9.17, 15) is 18.0 Å². The Morgan fingerprint density at radius 2 is 1.62 bits per heavy atom. The molecule has 0 fully saturated rings. The van der Waals surface area contributed by atoms with E-state index in [1.54, 1.807) is 31.2 Å². The summed E-state index contributed by atoms with van der Waals surface area (Å²) in [7, 11) is -4.11. The van der Waals surface area contributed by atoms with Crippen molar-refractivity contribution in [2.45, 2.75) is 44.0 Å². The van der Waals surface area contributed by atoms with Gasteiger partial charge in [0.2, 0.25) is 21.2 Å². The van der Waals surface area contributed by atoms with Gasteiger partial charge in [0.15, 0.2) is 0 Å². The summed E-state index contributed by atoms with van der Waals surface area (Å²) in [5.74, 6) is -0.361. The molecule has 2 aromatic heterocycles. The molecule has 34 heavy (non-hydrogen) atoms. The van der Waals surface area contributed by atoms with Crippen molar-refractivity contribution in [3.05, 3.63) is 93.4 Å². The van der Waals surface area contributed by atoms with E-state index >= 15 is 0 Å². The number of nitrogens with one attached hydrogen (secondary N) is 1. The third-order valence-electron chi connectivity index (χ3n) is 5.63. The third-order valence-corrected chi connectivity index (χ3v) is 7.39. The molecule has 1 amide bonds. The number of rotatable bonds is 5. The van der Waals surface area contributed by atoms with Gasteiger partial charge in [-0.2, -0.15) is 0 Å². The number of carbonyl (C=O) groups excluding carboxylic acids is 1. The molecule has 0 radical (unpaired) electrons. The molecule has 0 bridgehead atoms. The number of hydrogen-bond donors (Lipinski definition) is 1. The van der Waals surface area contributed by atoms with Crippen LogP contribution in [-0.2, 0) is 21.2 Å².